The van der Waals surface area contributed by atoms with E-state index in [0.717, 1.165) is 16.1 Å². The molecule has 2 N–H and O–H groups in total. The van der Waals surface area contributed by atoms with Gasteiger partial charge in [-0.15, -0.1) is 11.8 Å². The number of carbonyl (C=O) groups excluding carboxylic acids is 3. The fraction of sp³-hybridized carbons (Fsp3) is 0.211. The molecule has 1 aliphatic rings. The average molecular weight is 354 g/mol. The van der Waals surface area contributed by atoms with Gasteiger partial charge in [0.1, 0.15) is 0 Å². The third kappa shape index (κ3) is 4.93. The summed E-state index contributed by atoms with van der Waals surface area (Å²) >= 11 is 1.48. The van der Waals surface area contributed by atoms with E-state index in [2.05, 4.69) is 10.6 Å². The third-order valence-electron chi connectivity index (χ3n) is 3.90. The second kappa shape index (κ2) is 7.98. The van der Waals surface area contributed by atoms with Gasteiger partial charge < -0.3 is 5.32 Å². The molecule has 0 radical (unpaired) electrons. The molecule has 128 valence electrons. The maximum absolute atomic E-state index is 12.0. The highest BCUT2D eigenvalue weighted by Gasteiger charge is 2.30. The van der Waals surface area contributed by atoms with Crippen LogP contribution in [0.5, 0.6) is 0 Å². The van der Waals surface area contributed by atoms with Gasteiger partial charge in [0.2, 0.25) is 17.7 Å². The first-order chi connectivity index (χ1) is 12.1. The Balaban J connectivity index is 1.49. The van der Waals surface area contributed by atoms with E-state index in [0.29, 0.717) is 12.2 Å². The molecule has 3 rings (SSSR count). The van der Waals surface area contributed by atoms with Crippen LogP contribution in [0.25, 0.3) is 0 Å². The molecule has 0 aliphatic carbocycles. The van der Waals surface area contributed by atoms with Crippen LogP contribution in [0.2, 0.25) is 0 Å². The number of amides is 3. The van der Waals surface area contributed by atoms with E-state index >= 15 is 0 Å². The molecule has 6 heteroatoms. The summed E-state index contributed by atoms with van der Waals surface area (Å²) in [4.78, 5) is 35.9. The van der Waals surface area contributed by atoms with Crippen molar-refractivity contribution >= 4 is 35.2 Å². The lowest BCUT2D eigenvalue weighted by atomic mass is 9.98. The van der Waals surface area contributed by atoms with Crippen molar-refractivity contribution in [3.63, 3.8) is 0 Å². The molecular weight excluding hydrogens is 336 g/mol. The van der Waals surface area contributed by atoms with Crippen LogP contribution >= 0.6 is 11.8 Å². The summed E-state index contributed by atoms with van der Waals surface area (Å²) in [5, 5.41) is 5.17. The summed E-state index contributed by atoms with van der Waals surface area (Å²) in [5.74, 6) is -0.441. The third-order valence-corrected chi connectivity index (χ3v) is 4.91. The fourth-order valence-corrected chi connectivity index (χ4v) is 3.36. The number of carbonyl (C=O) groups is 3. The van der Waals surface area contributed by atoms with E-state index in [-0.39, 0.29) is 30.1 Å². The first-order valence-electron chi connectivity index (χ1n) is 8.00. The molecule has 2 aromatic carbocycles. The molecule has 1 aliphatic heterocycles. The minimum Gasteiger partial charge on any atom is -0.325 e. The highest BCUT2D eigenvalue weighted by atomic mass is 32.2. The van der Waals surface area contributed by atoms with Crippen molar-refractivity contribution in [2.45, 2.75) is 17.7 Å². The van der Waals surface area contributed by atoms with Crippen molar-refractivity contribution in [2.24, 2.45) is 5.92 Å². The predicted molar refractivity (Wildman–Crippen MR) is 97.2 cm³/mol. The van der Waals surface area contributed by atoms with E-state index in [4.69, 9.17) is 0 Å². The lowest BCUT2D eigenvalue weighted by Gasteiger charge is -2.08. The Morgan fingerprint density at radius 2 is 1.80 bits per heavy atom. The van der Waals surface area contributed by atoms with Crippen molar-refractivity contribution < 1.29 is 14.4 Å². The molecule has 1 fully saturated rings. The number of nitrogens with one attached hydrogen (secondary N) is 2. The van der Waals surface area contributed by atoms with Crippen molar-refractivity contribution in [3.05, 3.63) is 60.2 Å². The van der Waals surface area contributed by atoms with Gasteiger partial charge in [0, 0.05) is 17.0 Å². The number of imide groups is 1. The molecule has 2 aromatic rings. The van der Waals surface area contributed by atoms with Crippen molar-refractivity contribution in [2.75, 3.05) is 11.1 Å². The Labute approximate surface area is 150 Å². The Kier molecular flexibility index (Phi) is 5.50. The first-order valence-corrected chi connectivity index (χ1v) is 8.99. The zero-order valence-corrected chi connectivity index (χ0v) is 14.3. The van der Waals surface area contributed by atoms with Gasteiger partial charge in [-0.1, -0.05) is 30.3 Å². The number of anilines is 1. The summed E-state index contributed by atoms with van der Waals surface area (Å²) in [7, 11) is 0. The number of hydrogen-bond donors (Lipinski definition) is 2. The molecule has 1 heterocycles. The van der Waals surface area contributed by atoms with Gasteiger partial charge in [-0.2, -0.15) is 0 Å². The number of thioether (sulfide) groups is 1. The monoisotopic (exact) mass is 354 g/mol. The number of hydrogen-bond acceptors (Lipinski definition) is 4. The largest absolute Gasteiger partial charge is 0.325 e. The van der Waals surface area contributed by atoms with Crippen LogP contribution in [0.1, 0.15) is 12.0 Å². The van der Waals surface area contributed by atoms with Crippen LogP contribution in [0, 0.1) is 5.92 Å². The van der Waals surface area contributed by atoms with E-state index in [1.165, 1.54) is 11.8 Å². The van der Waals surface area contributed by atoms with Gasteiger partial charge in [-0.25, -0.2) is 0 Å². The Hall–Kier alpha value is -2.60. The molecule has 0 bridgehead atoms. The van der Waals surface area contributed by atoms with Crippen LogP contribution in [0.3, 0.4) is 0 Å². The second-order valence-corrected chi connectivity index (χ2v) is 6.91. The molecule has 25 heavy (non-hydrogen) atoms. The highest BCUT2D eigenvalue weighted by Crippen LogP contribution is 2.20. The summed E-state index contributed by atoms with van der Waals surface area (Å²) in [6.45, 7) is 0. The van der Waals surface area contributed by atoms with Crippen molar-refractivity contribution in [1.82, 2.24) is 5.32 Å². The van der Waals surface area contributed by atoms with Gasteiger partial charge in [-0.3, -0.25) is 19.7 Å². The average Bonchev–Trinajstić information content (AvgIpc) is 2.93. The molecule has 0 aromatic heterocycles. The zero-order valence-electron chi connectivity index (χ0n) is 13.5. The van der Waals surface area contributed by atoms with E-state index < -0.39 is 0 Å². The fourth-order valence-electron chi connectivity index (χ4n) is 2.64. The molecule has 0 spiro atoms. The standard InChI is InChI=1S/C19H18N2O3S/c22-17-11-14(19(24)21-17)10-13-6-8-15(9-7-13)20-18(23)12-25-16-4-2-1-3-5-16/h1-9,14H,10-12H2,(H,20,23)(H,21,22,24). The van der Waals surface area contributed by atoms with Crippen LogP contribution < -0.4 is 10.6 Å². The minimum atomic E-state index is -0.296. The quantitative estimate of drug-likeness (QED) is 0.618. The molecule has 5 nitrogen and oxygen atoms in total. The van der Waals surface area contributed by atoms with E-state index in [1.54, 1.807) is 0 Å². The van der Waals surface area contributed by atoms with Crippen LogP contribution in [0.15, 0.2) is 59.5 Å². The van der Waals surface area contributed by atoms with Gasteiger partial charge in [0.05, 0.1) is 11.7 Å². The molecule has 1 saturated heterocycles. The lowest BCUT2D eigenvalue weighted by Crippen LogP contribution is -2.22. The Morgan fingerprint density at radius 3 is 2.44 bits per heavy atom. The minimum absolute atomic E-state index is 0.0672. The molecular formula is C19H18N2O3S. The van der Waals surface area contributed by atoms with Crippen LogP contribution in [0.4, 0.5) is 5.69 Å². The Morgan fingerprint density at radius 1 is 1.08 bits per heavy atom. The van der Waals surface area contributed by atoms with E-state index in [9.17, 15) is 14.4 Å². The Bertz CT molecular complexity index is 775. The summed E-state index contributed by atoms with van der Waals surface area (Å²) < 4.78 is 0. The predicted octanol–water partition coefficient (Wildman–Crippen LogP) is 2.62. The summed E-state index contributed by atoms with van der Waals surface area (Å²) in [6, 6.07) is 17.1. The number of rotatable bonds is 6. The lowest BCUT2D eigenvalue weighted by molar-refractivity contribution is -0.125. The maximum Gasteiger partial charge on any atom is 0.234 e. The SMILES string of the molecule is O=C1CC(Cc2ccc(NC(=O)CSc3ccccc3)cc2)C(=O)N1. The van der Waals surface area contributed by atoms with Gasteiger partial charge in [0.25, 0.3) is 0 Å². The second-order valence-electron chi connectivity index (χ2n) is 5.86. The normalized spacial score (nSPS) is 16.6. The van der Waals surface area contributed by atoms with E-state index in [1.807, 2.05) is 54.6 Å². The van der Waals surface area contributed by atoms with Gasteiger partial charge in [-0.05, 0) is 36.2 Å². The van der Waals surface area contributed by atoms with Gasteiger partial charge >= 0.3 is 0 Å². The molecule has 3 amide bonds. The first kappa shape index (κ1) is 17.2. The maximum atomic E-state index is 12.0. The smallest absolute Gasteiger partial charge is 0.234 e. The topological polar surface area (TPSA) is 75.3 Å². The van der Waals surface area contributed by atoms with Crippen LogP contribution in [-0.4, -0.2) is 23.5 Å². The number of benzene rings is 2. The van der Waals surface area contributed by atoms with Crippen molar-refractivity contribution in [1.29, 1.82) is 0 Å². The molecule has 1 unspecified atom stereocenters. The summed E-state index contributed by atoms with van der Waals surface area (Å²) in [6.07, 6.45) is 0.768. The van der Waals surface area contributed by atoms with Crippen molar-refractivity contribution in [3.8, 4) is 0 Å². The molecule has 0 saturated carbocycles. The van der Waals surface area contributed by atoms with Gasteiger partial charge in [0.15, 0.2) is 0 Å². The zero-order chi connectivity index (χ0) is 17.6. The van der Waals surface area contributed by atoms with Crippen LogP contribution in [-0.2, 0) is 20.8 Å². The molecule has 1 atom stereocenters. The summed E-state index contributed by atoms with van der Waals surface area (Å²) in [5.41, 5.74) is 1.68. The highest BCUT2D eigenvalue weighted by molar-refractivity contribution is 8.00.